The Morgan fingerprint density at radius 2 is 1.46 bits per heavy atom. The van der Waals surface area contributed by atoms with Crippen molar-refractivity contribution in [3.05, 3.63) is 10.1 Å². The van der Waals surface area contributed by atoms with Gasteiger partial charge in [0.1, 0.15) is 4.92 Å². The van der Waals surface area contributed by atoms with Crippen LogP contribution in [0, 0.1) is 10.1 Å². The summed E-state index contributed by atoms with van der Waals surface area (Å²) in [6.45, 7) is 1.21. The first-order chi connectivity index (χ1) is 5.61. The van der Waals surface area contributed by atoms with Gasteiger partial charge >= 0.3 is 12.2 Å². The van der Waals surface area contributed by atoms with Crippen molar-refractivity contribution < 1.29 is 31.3 Å². The maximum Gasteiger partial charge on any atom is 0.610 e. The molecule has 0 saturated heterocycles. The SMILES string of the molecule is CCF.O=[N+]([O-])C(F)(F)C(F)(F)F. The zero-order chi connectivity index (χ0) is 11.3. The lowest BCUT2D eigenvalue weighted by Crippen LogP contribution is -2.43. The van der Waals surface area contributed by atoms with E-state index in [2.05, 4.69) is 0 Å². The highest BCUT2D eigenvalue weighted by atomic mass is 19.4. The largest absolute Gasteiger partial charge is 0.610 e. The predicted molar refractivity (Wildman–Crippen MR) is 29.6 cm³/mol. The Hall–Kier alpha value is -1.02. The number of hydrogen-bond acceptors (Lipinski definition) is 2. The van der Waals surface area contributed by atoms with Gasteiger partial charge in [-0.05, 0) is 6.92 Å². The van der Waals surface area contributed by atoms with Gasteiger partial charge in [-0.3, -0.25) is 14.5 Å². The molecule has 0 spiro atoms. The highest BCUT2D eigenvalue weighted by molar-refractivity contribution is 4.61. The lowest BCUT2D eigenvalue weighted by atomic mass is 10.6. The number of alkyl halides is 6. The van der Waals surface area contributed by atoms with Crippen molar-refractivity contribution in [2.45, 2.75) is 19.1 Å². The minimum atomic E-state index is -6.11. The van der Waals surface area contributed by atoms with Crippen LogP contribution in [0.5, 0.6) is 0 Å². The molecule has 0 aliphatic rings. The molecule has 0 fully saturated rings. The fraction of sp³-hybridized carbons (Fsp3) is 1.00. The Morgan fingerprint density at radius 1 is 1.23 bits per heavy atom. The summed E-state index contributed by atoms with van der Waals surface area (Å²) in [4.78, 5) is 6.32. The Morgan fingerprint density at radius 3 is 1.46 bits per heavy atom. The molecule has 0 unspecified atom stereocenters. The summed E-state index contributed by atoms with van der Waals surface area (Å²) < 4.78 is 65.4. The normalized spacial score (nSPS) is 11.6. The zero-order valence-corrected chi connectivity index (χ0v) is 6.24. The first kappa shape index (κ1) is 14.5. The fourth-order valence-electron chi connectivity index (χ4n) is 0.104. The molecular weight excluding hydrogens is 208 g/mol. The minimum absolute atomic E-state index is 0.250. The third-order valence-electron chi connectivity index (χ3n) is 0.570. The summed E-state index contributed by atoms with van der Waals surface area (Å²) in [7, 11) is 0. The Kier molecular flexibility index (Phi) is 5.44. The lowest BCUT2D eigenvalue weighted by molar-refractivity contribution is -0.686. The third kappa shape index (κ3) is 4.53. The van der Waals surface area contributed by atoms with Gasteiger partial charge in [-0.2, -0.15) is 13.2 Å². The molecule has 80 valence electrons. The third-order valence-corrected chi connectivity index (χ3v) is 0.570. The number of nitro groups is 1. The molecule has 0 aliphatic heterocycles. The molecule has 13 heavy (non-hydrogen) atoms. The van der Waals surface area contributed by atoms with Crippen molar-refractivity contribution in [2.75, 3.05) is 6.67 Å². The second kappa shape index (κ2) is 4.87. The van der Waals surface area contributed by atoms with Crippen LogP contribution in [-0.4, -0.2) is 23.8 Å². The monoisotopic (exact) mass is 213 g/mol. The van der Waals surface area contributed by atoms with Crippen LogP contribution in [0.2, 0.25) is 0 Å². The molecule has 0 rings (SSSR count). The van der Waals surface area contributed by atoms with E-state index in [0.717, 1.165) is 0 Å². The van der Waals surface area contributed by atoms with Gasteiger partial charge < -0.3 is 0 Å². The zero-order valence-electron chi connectivity index (χ0n) is 6.24. The second-order valence-corrected chi connectivity index (χ2v) is 1.56. The lowest BCUT2D eigenvalue weighted by Gasteiger charge is -2.08. The summed E-state index contributed by atoms with van der Waals surface area (Å²) in [6, 6.07) is -5.84. The highest BCUT2D eigenvalue weighted by Crippen LogP contribution is 2.35. The first-order valence-corrected chi connectivity index (χ1v) is 2.76. The highest BCUT2D eigenvalue weighted by Gasteiger charge is 2.70. The van der Waals surface area contributed by atoms with Crippen LogP contribution in [0.25, 0.3) is 0 Å². The molecule has 0 amide bonds. The van der Waals surface area contributed by atoms with Crippen molar-refractivity contribution in [3.63, 3.8) is 0 Å². The van der Waals surface area contributed by atoms with E-state index in [1.807, 2.05) is 0 Å². The van der Waals surface area contributed by atoms with Crippen molar-refractivity contribution in [1.29, 1.82) is 0 Å². The molecule has 0 radical (unpaired) electrons. The maximum atomic E-state index is 11.2. The molecule has 0 aromatic heterocycles. The molecule has 0 heterocycles. The second-order valence-electron chi connectivity index (χ2n) is 1.56. The van der Waals surface area contributed by atoms with Gasteiger partial charge in [0.15, 0.2) is 0 Å². The average Bonchev–Trinajstić information content (AvgIpc) is 1.86. The summed E-state index contributed by atoms with van der Waals surface area (Å²) in [6.07, 6.45) is -6.11. The van der Waals surface area contributed by atoms with Gasteiger partial charge in [0.05, 0.1) is 6.67 Å². The van der Waals surface area contributed by atoms with Crippen molar-refractivity contribution in [1.82, 2.24) is 0 Å². The molecule has 0 N–H and O–H groups in total. The van der Waals surface area contributed by atoms with Crippen molar-refractivity contribution in [3.8, 4) is 0 Å². The van der Waals surface area contributed by atoms with Crippen LogP contribution >= 0.6 is 0 Å². The molecule has 0 atom stereocenters. The quantitative estimate of drug-likeness (QED) is 0.290. The molecule has 0 saturated carbocycles. The Labute approximate surface area is 68.5 Å². The first-order valence-electron chi connectivity index (χ1n) is 2.76. The van der Waals surface area contributed by atoms with Gasteiger partial charge in [-0.15, -0.1) is 8.78 Å². The molecule has 3 nitrogen and oxygen atoms in total. The number of hydrogen-bond donors (Lipinski definition) is 0. The van der Waals surface area contributed by atoms with E-state index in [9.17, 15) is 26.3 Å². The smallest absolute Gasteiger partial charge is 0.259 e. The fourth-order valence-corrected chi connectivity index (χ4v) is 0.104. The van der Waals surface area contributed by atoms with Crippen LogP contribution in [-0.2, 0) is 0 Å². The van der Waals surface area contributed by atoms with E-state index < -0.39 is 17.1 Å². The van der Waals surface area contributed by atoms with E-state index in [4.69, 9.17) is 10.1 Å². The van der Waals surface area contributed by atoms with Crippen molar-refractivity contribution >= 4 is 0 Å². The van der Waals surface area contributed by atoms with E-state index in [0.29, 0.717) is 0 Å². The molecule has 0 aliphatic carbocycles. The molecule has 0 bridgehead atoms. The van der Waals surface area contributed by atoms with Crippen molar-refractivity contribution in [2.24, 2.45) is 0 Å². The Balaban J connectivity index is 0. The molecule has 0 aromatic rings. The predicted octanol–water partition coefficient (Wildman–Crippen LogP) is 2.39. The number of rotatable bonds is 1. The van der Waals surface area contributed by atoms with E-state index in [1.54, 1.807) is 0 Å². The van der Waals surface area contributed by atoms with Crippen LogP contribution in [0.1, 0.15) is 6.92 Å². The topological polar surface area (TPSA) is 43.1 Å². The molecule has 0 aromatic carbocycles. The van der Waals surface area contributed by atoms with Gasteiger partial charge in [-0.1, -0.05) is 0 Å². The van der Waals surface area contributed by atoms with Crippen LogP contribution in [0.15, 0.2) is 0 Å². The van der Waals surface area contributed by atoms with Gasteiger partial charge in [0, 0.05) is 0 Å². The van der Waals surface area contributed by atoms with Gasteiger partial charge in [0.2, 0.25) is 0 Å². The van der Waals surface area contributed by atoms with E-state index >= 15 is 0 Å². The summed E-state index contributed by atoms with van der Waals surface area (Å²) in [5, 5.41) is 9.00. The van der Waals surface area contributed by atoms with Gasteiger partial charge in [0.25, 0.3) is 0 Å². The molecule has 9 heteroatoms. The minimum Gasteiger partial charge on any atom is -0.259 e. The number of nitrogens with zero attached hydrogens (tertiary/aromatic N) is 1. The summed E-state index contributed by atoms with van der Waals surface area (Å²) in [5.41, 5.74) is 0. The summed E-state index contributed by atoms with van der Waals surface area (Å²) >= 11 is 0. The standard InChI is InChI=1S/C2F5NO2.C2H5F/c3-1(4,5)2(6,7)8(9)10;1-2-3/h;2H2,1H3. The Bertz CT molecular complexity index is 167. The van der Waals surface area contributed by atoms with E-state index in [1.165, 1.54) is 6.92 Å². The summed E-state index contributed by atoms with van der Waals surface area (Å²) in [5.74, 6) is 0. The van der Waals surface area contributed by atoms with Crippen LogP contribution < -0.4 is 0 Å². The van der Waals surface area contributed by atoms with E-state index in [-0.39, 0.29) is 6.67 Å². The maximum absolute atomic E-state index is 11.2. The average molecular weight is 213 g/mol. The van der Waals surface area contributed by atoms with Gasteiger partial charge in [-0.25, -0.2) is 0 Å². The number of halogens is 6. The van der Waals surface area contributed by atoms with Crippen LogP contribution in [0.3, 0.4) is 0 Å². The molecular formula is C4H5F6NO2. The van der Waals surface area contributed by atoms with Crippen LogP contribution in [0.4, 0.5) is 26.3 Å².